The third-order valence-corrected chi connectivity index (χ3v) is 1.68. The Bertz CT molecular complexity index is 457. The van der Waals surface area contributed by atoms with E-state index in [-0.39, 0.29) is 16.9 Å². The Morgan fingerprint density at radius 2 is 2.12 bits per heavy atom. The Labute approximate surface area is 93.1 Å². The van der Waals surface area contributed by atoms with Crippen molar-refractivity contribution < 1.29 is 4.92 Å². The lowest BCUT2D eigenvalue weighted by Gasteiger charge is -2.21. The Morgan fingerprint density at radius 1 is 1.50 bits per heavy atom. The molecule has 0 saturated carbocycles. The molecule has 6 nitrogen and oxygen atoms in total. The fourth-order valence-corrected chi connectivity index (χ4v) is 1.14. The molecule has 0 saturated heterocycles. The standard InChI is InChI=1S/C10H12N4O2/c1-10(2,3)13-9-5-4-8(14(15)16)7(6-11)12-9/h4-5H,1-3H3,(H,12,13). The van der Waals surface area contributed by atoms with Gasteiger partial charge in [-0.25, -0.2) is 4.98 Å². The SMILES string of the molecule is CC(C)(C)Nc1ccc([N+](=O)[O-])c(C#N)n1. The van der Waals surface area contributed by atoms with Crippen LogP contribution in [0.15, 0.2) is 12.1 Å². The number of aromatic nitrogens is 1. The van der Waals surface area contributed by atoms with Crippen LogP contribution in [0.5, 0.6) is 0 Å². The lowest BCUT2D eigenvalue weighted by molar-refractivity contribution is -0.385. The van der Waals surface area contributed by atoms with Crippen LogP contribution < -0.4 is 5.32 Å². The van der Waals surface area contributed by atoms with E-state index >= 15 is 0 Å². The van der Waals surface area contributed by atoms with Crippen LogP contribution >= 0.6 is 0 Å². The molecule has 1 aromatic heterocycles. The molecule has 0 aliphatic rings. The second kappa shape index (κ2) is 4.14. The number of hydrogen-bond acceptors (Lipinski definition) is 5. The molecule has 0 atom stereocenters. The minimum atomic E-state index is -0.619. The van der Waals surface area contributed by atoms with Gasteiger partial charge in [0.1, 0.15) is 11.9 Å². The van der Waals surface area contributed by atoms with Crippen LogP contribution in [0, 0.1) is 21.4 Å². The van der Waals surface area contributed by atoms with Gasteiger partial charge in [-0.3, -0.25) is 10.1 Å². The molecular formula is C10H12N4O2. The number of pyridine rings is 1. The van der Waals surface area contributed by atoms with Crippen molar-refractivity contribution in [3.05, 3.63) is 27.9 Å². The van der Waals surface area contributed by atoms with Gasteiger partial charge in [-0.15, -0.1) is 0 Å². The Kier molecular flexibility index (Phi) is 3.09. The summed E-state index contributed by atoms with van der Waals surface area (Å²) in [6, 6.07) is 4.48. The van der Waals surface area contributed by atoms with Crippen LogP contribution in [-0.2, 0) is 0 Å². The van der Waals surface area contributed by atoms with Crippen molar-refractivity contribution in [2.75, 3.05) is 5.32 Å². The van der Waals surface area contributed by atoms with Crippen molar-refractivity contribution in [2.45, 2.75) is 26.3 Å². The maximum atomic E-state index is 10.6. The second-order valence-corrected chi connectivity index (χ2v) is 4.31. The molecule has 0 unspecified atom stereocenters. The first-order valence-electron chi connectivity index (χ1n) is 4.67. The number of anilines is 1. The maximum Gasteiger partial charge on any atom is 0.305 e. The number of hydrogen-bond donors (Lipinski definition) is 1. The van der Waals surface area contributed by atoms with Crippen LogP contribution in [0.2, 0.25) is 0 Å². The maximum absolute atomic E-state index is 10.6. The quantitative estimate of drug-likeness (QED) is 0.608. The third kappa shape index (κ3) is 2.92. The smallest absolute Gasteiger partial charge is 0.305 e. The van der Waals surface area contributed by atoms with E-state index < -0.39 is 4.92 Å². The highest BCUT2D eigenvalue weighted by Crippen LogP contribution is 2.20. The molecule has 1 N–H and O–H groups in total. The summed E-state index contributed by atoms with van der Waals surface area (Å²) in [5, 5.41) is 22.4. The molecule has 0 spiro atoms. The lowest BCUT2D eigenvalue weighted by Crippen LogP contribution is -2.26. The van der Waals surface area contributed by atoms with Crippen LogP contribution in [0.1, 0.15) is 26.5 Å². The van der Waals surface area contributed by atoms with E-state index in [1.807, 2.05) is 20.8 Å². The minimum absolute atomic E-state index is 0.181. The van der Waals surface area contributed by atoms with E-state index in [1.54, 1.807) is 6.07 Å². The number of nitriles is 1. The minimum Gasteiger partial charge on any atom is -0.365 e. The van der Waals surface area contributed by atoms with E-state index in [1.165, 1.54) is 12.1 Å². The summed E-state index contributed by atoms with van der Waals surface area (Å²) in [6.45, 7) is 5.80. The molecule has 0 radical (unpaired) electrons. The normalized spacial score (nSPS) is 10.6. The second-order valence-electron chi connectivity index (χ2n) is 4.31. The highest BCUT2D eigenvalue weighted by molar-refractivity contribution is 5.51. The Morgan fingerprint density at radius 3 is 2.56 bits per heavy atom. The first kappa shape index (κ1) is 11.9. The highest BCUT2D eigenvalue weighted by Gasteiger charge is 2.17. The average Bonchev–Trinajstić information content (AvgIpc) is 2.14. The van der Waals surface area contributed by atoms with E-state index in [2.05, 4.69) is 10.3 Å². The highest BCUT2D eigenvalue weighted by atomic mass is 16.6. The van der Waals surface area contributed by atoms with E-state index in [0.717, 1.165) is 0 Å². The van der Waals surface area contributed by atoms with Gasteiger partial charge in [-0.1, -0.05) is 0 Å². The van der Waals surface area contributed by atoms with Gasteiger partial charge in [0, 0.05) is 11.6 Å². The molecule has 1 heterocycles. The van der Waals surface area contributed by atoms with Gasteiger partial charge in [-0.2, -0.15) is 5.26 Å². The van der Waals surface area contributed by atoms with Gasteiger partial charge in [0.05, 0.1) is 4.92 Å². The topological polar surface area (TPSA) is 91.9 Å². The third-order valence-electron chi connectivity index (χ3n) is 1.68. The fraction of sp³-hybridized carbons (Fsp3) is 0.400. The molecule has 0 aliphatic carbocycles. The average molecular weight is 220 g/mol. The molecule has 6 heteroatoms. The van der Waals surface area contributed by atoms with Crippen molar-refractivity contribution in [1.29, 1.82) is 5.26 Å². The molecule has 0 bridgehead atoms. The van der Waals surface area contributed by atoms with Gasteiger partial charge in [-0.05, 0) is 26.8 Å². The molecule has 0 aromatic carbocycles. The summed E-state index contributed by atoms with van der Waals surface area (Å²) in [6.07, 6.45) is 0. The van der Waals surface area contributed by atoms with E-state index in [9.17, 15) is 10.1 Å². The summed E-state index contributed by atoms with van der Waals surface area (Å²) in [5.74, 6) is 0.453. The Balaban J connectivity index is 3.11. The number of nitro groups is 1. The van der Waals surface area contributed by atoms with Gasteiger partial charge in [0.2, 0.25) is 5.69 Å². The molecule has 84 valence electrons. The zero-order valence-corrected chi connectivity index (χ0v) is 9.31. The van der Waals surface area contributed by atoms with E-state index in [4.69, 9.17) is 5.26 Å². The monoisotopic (exact) mass is 220 g/mol. The zero-order chi connectivity index (χ0) is 12.3. The number of nitrogens with one attached hydrogen (secondary N) is 1. The molecule has 1 rings (SSSR count). The van der Waals surface area contributed by atoms with Crippen molar-refractivity contribution in [3.63, 3.8) is 0 Å². The van der Waals surface area contributed by atoms with Crippen LogP contribution in [0.4, 0.5) is 11.5 Å². The number of rotatable bonds is 2. The first-order chi connectivity index (χ1) is 7.33. The van der Waals surface area contributed by atoms with Gasteiger partial charge >= 0.3 is 5.69 Å². The van der Waals surface area contributed by atoms with Crippen molar-refractivity contribution in [3.8, 4) is 6.07 Å². The molecule has 0 amide bonds. The molecule has 0 aliphatic heterocycles. The molecular weight excluding hydrogens is 208 g/mol. The predicted molar refractivity (Wildman–Crippen MR) is 59.0 cm³/mol. The predicted octanol–water partition coefficient (Wildman–Crippen LogP) is 2.07. The van der Waals surface area contributed by atoms with Gasteiger partial charge in [0.15, 0.2) is 0 Å². The zero-order valence-electron chi connectivity index (χ0n) is 9.31. The summed E-state index contributed by atoms with van der Waals surface area (Å²) < 4.78 is 0. The van der Waals surface area contributed by atoms with Crippen LogP contribution in [0.3, 0.4) is 0 Å². The number of nitrogens with zero attached hydrogens (tertiary/aromatic N) is 3. The van der Waals surface area contributed by atoms with Gasteiger partial charge in [0.25, 0.3) is 0 Å². The summed E-state index contributed by atoms with van der Waals surface area (Å²) in [7, 11) is 0. The van der Waals surface area contributed by atoms with Crippen LogP contribution in [-0.4, -0.2) is 15.4 Å². The molecule has 1 aromatic rings. The fourth-order valence-electron chi connectivity index (χ4n) is 1.14. The van der Waals surface area contributed by atoms with Crippen molar-refractivity contribution in [2.24, 2.45) is 0 Å². The summed E-state index contributed by atoms with van der Waals surface area (Å²) in [4.78, 5) is 13.8. The lowest BCUT2D eigenvalue weighted by atomic mass is 10.1. The van der Waals surface area contributed by atoms with Crippen molar-refractivity contribution >= 4 is 11.5 Å². The van der Waals surface area contributed by atoms with Gasteiger partial charge < -0.3 is 5.32 Å². The summed E-state index contributed by atoms with van der Waals surface area (Å²) >= 11 is 0. The molecule has 0 fully saturated rings. The Hall–Kier alpha value is -2.16. The van der Waals surface area contributed by atoms with Crippen LogP contribution in [0.25, 0.3) is 0 Å². The van der Waals surface area contributed by atoms with E-state index in [0.29, 0.717) is 5.82 Å². The first-order valence-corrected chi connectivity index (χ1v) is 4.67. The largest absolute Gasteiger partial charge is 0.365 e. The summed E-state index contributed by atoms with van der Waals surface area (Å²) in [5.41, 5.74) is -0.670. The van der Waals surface area contributed by atoms with Crippen molar-refractivity contribution in [1.82, 2.24) is 4.98 Å². The molecule has 16 heavy (non-hydrogen) atoms.